The van der Waals surface area contributed by atoms with Crippen LogP contribution >= 0.6 is 11.6 Å². The lowest BCUT2D eigenvalue weighted by Gasteiger charge is -2.10. The molecule has 2 aromatic heterocycles. The molecule has 3 rings (SSSR count). The summed E-state index contributed by atoms with van der Waals surface area (Å²) in [6, 6.07) is 5.51. The van der Waals surface area contributed by atoms with Crippen LogP contribution in [0.4, 0.5) is 13.2 Å². The van der Waals surface area contributed by atoms with Gasteiger partial charge in [0.05, 0.1) is 28.6 Å². The summed E-state index contributed by atoms with van der Waals surface area (Å²) < 4.78 is 42.1. The Kier molecular flexibility index (Phi) is 3.21. The minimum Gasteiger partial charge on any atom is -0.406 e. The molecule has 21 heavy (non-hydrogen) atoms. The zero-order valence-electron chi connectivity index (χ0n) is 10.3. The maximum Gasteiger partial charge on any atom is 0.573 e. The molecular formula is C13H7ClF3N3O. The van der Waals surface area contributed by atoms with Crippen LogP contribution in [-0.2, 0) is 0 Å². The maximum absolute atomic E-state index is 12.2. The number of ether oxygens (including phenoxy) is 1. The standard InChI is InChI=1S/C13H7ClF3N3O/c14-11-6-18-7-12-10(11)5-19-20(12)8-2-1-3-9(4-8)21-13(15,16)17/h1-7H. The van der Waals surface area contributed by atoms with E-state index in [-0.39, 0.29) is 5.75 Å². The topological polar surface area (TPSA) is 39.9 Å². The quantitative estimate of drug-likeness (QED) is 0.718. The maximum atomic E-state index is 12.2. The molecule has 0 aliphatic rings. The molecule has 0 saturated carbocycles. The number of hydrogen-bond acceptors (Lipinski definition) is 3. The molecule has 8 heteroatoms. The van der Waals surface area contributed by atoms with E-state index in [4.69, 9.17) is 11.6 Å². The summed E-state index contributed by atoms with van der Waals surface area (Å²) in [5.41, 5.74) is 1.00. The molecule has 0 unspecified atom stereocenters. The summed E-state index contributed by atoms with van der Waals surface area (Å²) in [6.07, 6.45) is -0.211. The van der Waals surface area contributed by atoms with Crippen molar-refractivity contribution in [3.05, 3.63) is 47.9 Å². The van der Waals surface area contributed by atoms with Crippen LogP contribution < -0.4 is 4.74 Å². The van der Waals surface area contributed by atoms with E-state index in [1.54, 1.807) is 6.07 Å². The van der Waals surface area contributed by atoms with Gasteiger partial charge < -0.3 is 4.74 Å². The molecule has 1 aromatic carbocycles. The van der Waals surface area contributed by atoms with Crippen LogP contribution in [0.1, 0.15) is 0 Å². The zero-order valence-corrected chi connectivity index (χ0v) is 11.1. The van der Waals surface area contributed by atoms with Crippen molar-refractivity contribution in [2.24, 2.45) is 0 Å². The minimum atomic E-state index is -4.74. The van der Waals surface area contributed by atoms with E-state index in [1.165, 1.54) is 41.5 Å². The number of rotatable bonds is 2. The minimum absolute atomic E-state index is 0.321. The van der Waals surface area contributed by atoms with E-state index in [9.17, 15) is 13.2 Å². The Labute approximate surface area is 121 Å². The Hall–Kier alpha value is -2.28. The van der Waals surface area contributed by atoms with Gasteiger partial charge in [0, 0.05) is 17.6 Å². The Balaban J connectivity index is 2.07. The van der Waals surface area contributed by atoms with Gasteiger partial charge >= 0.3 is 6.36 Å². The van der Waals surface area contributed by atoms with E-state index < -0.39 is 6.36 Å². The second kappa shape index (κ2) is 4.92. The van der Waals surface area contributed by atoms with Crippen molar-refractivity contribution in [1.29, 1.82) is 0 Å². The number of benzene rings is 1. The molecule has 0 radical (unpaired) electrons. The van der Waals surface area contributed by atoms with Crippen LogP contribution in [0.3, 0.4) is 0 Å². The van der Waals surface area contributed by atoms with Crippen molar-refractivity contribution in [3.63, 3.8) is 0 Å². The van der Waals surface area contributed by atoms with Crippen LogP contribution in [0.15, 0.2) is 42.9 Å². The average Bonchev–Trinajstić information content (AvgIpc) is 2.82. The fourth-order valence-corrected chi connectivity index (χ4v) is 2.13. The highest BCUT2D eigenvalue weighted by Crippen LogP contribution is 2.27. The lowest BCUT2D eigenvalue weighted by molar-refractivity contribution is -0.274. The largest absolute Gasteiger partial charge is 0.573 e. The fourth-order valence-electron chi connectivity index (χ4n) is 1.93. The third-order valence-corrected chi connectivity index (χ3v) is 3.05. The van der Waals surface area contributed by atoms with Crippen LogP contribution in [0.2, 0.25) is 5.02 Å². The Bertz CT molecular complexity index is 801. The number of pyridine rings is 1. The SMILES string of the molecule is FC(F)(F)Oc1cccc(-n2ncc3c(Cl)cncc32)c1. The van der Waals surface area contributed by atoms with Gasteiger partial charge in [-0.1, -0.05) is 17.7 Å². The van der Waals surface area contributed by atoms with Crippen molar-refractivity contribution >= 4 is 22.5 Å². The summed E-state index contributed by atoms with van der Waals surface area (Å²) in [6.45, 7) is 0. The second-order valence-electron chi connectivity index (χ2n) is 4.16. The van der Waals surface area contributed by atoms with Gasteiger partial charge in [-0.15, -0.1) is 13.2 Å². The van der Waals surface area contributed by atoms with E-state index in [2.05, 4.69) is 14.8 Å². The molecular weight excluding hydrogens is 307 g/mol. The van der Waals surface area contributed by atoms with E-state index in [0.717, 1.165) is 0 Å². The van der Waals surface area contributed by atoms with Crippen LogP contribution in [0, 0.1) is 0 Å². The summed E-state index contributed by atoms with van der Waals surface area (Å²) in [7, 11) is 0. The number of alkyl halides is 3. The summed E-state index contributed by atoms with van der Waals surface area (Å²) >= 11 is 5.99. The predicted octanol–water partition coefficient (Wildman–Crippen LogP) is 3.97. The first-order valence-electron chi connectivity index (χ1n) is 5.77. The van der Waals surface area contributed by atoms with Crippen LogP contribution in [0.25, 0.3) is 16.6 Å². The lowest BCUT2D eigenvalue weighted by Crippen LogP contribution is -2.17. The Morgan fingerprint density at radius 3 is 2.71 bits per heavy atom. The molecule has 0 fully saturated rings. The molecule has 0 saturated heterocycles. The molecule has 0 spiro atoms. The first-order valence-corrected chi connectivity index (χ1v) is 6.15. The van der Waals surface area contributed by atoms with Crippen molar-refractivity contribution in [3.8, 4) is 11.4 Å². The molecule has 0 bridgehead atoms. The molecule has 108 valence electrons. The van der Waals surface area contributed by atoms with Gasteiger partial charge in [-0.05, 0) is 12.1 Å². The van der Waals surface area contributed by atoms with Gasteiger partial charge in [-0.3, -0.25) is 4.98 Å². The van der Waals surface area contributed by atoms with Crippen LogP contribution in [0.5, 0.6) is 5.75 Å². The molecule has 0 aliphatic carbocycles. The molecule has 3 aromatic rings. The van der Waals surface area contributed by atoms with Gasteiger partial charge in [0.1, 0.15) is 5.75 Å². The van der Waals surface area contributed by atoms with Gasteiger partial charge in [0.15, 0.2) is 0 Å². The van der Waals surface area contributed by atoms with Crippen LogP contribution in [-0.4, -0.2) is 21.1 Å². The van der Waals surface area contributed by atoms with Gasteiger partial charge in [-0.25, -0.2) is 4.68 Å². The van der Waals surface area contributed by atoms with Gasteiger partial charge in [-0.2, -0.15) is 5.10 Å². The van der Waals surface area contributed by atoms with Crippen molar-refractivity contribution in [2.75, 3.05) is 0 Å². The molecule has 0 aliphatic heterocycles. The number of fused-ring (bicyclic) bond motifs is 1. The normalized spacial score (nSPS) is 11.8. The van der Waals surface area contributed by atoms with Crippen molar-refractivity contribution in [1.82, 2.24) is 14.8 Å². The van der Waals surface area contributed by atoms with E-state index in [0.29, 0.717) is 21.6 Å². The number of aromatic nitrogens is 3. The fraction of sp³-hybridized carbons (Fsp3) is 0.0769. The third-order valence-electron chi connectivity index (χ3n) is 2.74. The van der Waals surface area contributed by atoms with Gasteiger partial charge in [0.25, 0.3) is 0 Å². The third kappa shape index (κ3) is 2.78. The molecule has 4 nitrogen and oxygen atoms in total. The highest BCUT2D eigenvalue weighted by molar-refractivity contribution is 6.35. The highest BCUT2D eigenvalue weighted by atomic mass is 35.5. The summed E-state index contributed by atoms with van der Waals surface area (Å²) in [5, 5.41) is 5.20. The molecule has 2 heterocycles. The Morgan fingerprint density at radius 1 is 1.14 bits per heavy atom. The predicted molar refractivity (Wildman–Crippen MR) is 70.6 cm³/mol. The molecule has 0 N–H and O–H groups in total. The number of hydrogen-bond donors (Lipinski definition) is 0. The summed E-state index contributed by atoms with van der Waals surface area (Å²) in [4.78, 5) is 3.95. The highest BCUT2D eigenvalue weighted by Gasteiger charge is 2.31. The van der Waals surface area contributed by atoms with Crippen molar-refractivity contribution in [2.45, 2.75) is 6.36 Å². The second-order valence-corrected chi connectivity index (χ2v) is 4.56. The number of halogens is 4. The monoisotopic (exact) mass is 313 g/mol. The van der Waals surface area contributed by atoms with Crippen molar-refractivity contribution < 1.29 is 17.9 Å². The number of nitrogens with zero attached hydrogens (tertiary/aromatic N) is 3. The first-order chi connectivity index (χ1) is 9.94. The summed E-state index contributed by atoms with van der Waals surface area (Å²) in [5.74, 6) is -0.321. The smallest absolute Gasteiger partial charge is 0.406 e. The van der Waals surface area contributed by atoms with E-state index >= 15 is 0 Å². The first kappa shape index (κ1) is 13.7. The average molecular weight is 314 g/mol. The molecule has 0 amide bonds. The molecule has 0 atom stereocenters. The lowest BCUT2D eigenvalue weighted by atomic mass is 10.3. The van der Waals surface area contributed by atoms with Gasteiger partial charge in [0.2, 0.25) is 0 Å². The zero-order chi connectivity index (χ0) is 15.0. The van der Waals surface area contributed by atoms with E-state index in [1.807, 2.05) is 0 Å². The Morgan fingerprint density at radius 2 is 1.95 bits per heavy atom.